The van der Waals surface area contributed by atoms with Gasteiger partial charge in [0.15, 0.2) is 6.61 Å². The van der Waals surface area contributed by atoms with Crippen LogP contribution in [0, 0.1) is 17.1 Å². The third kappa shape index (κ3) is 5.93. The van der Waals surface area contributed by atoms with Crippen molar-refractivity contribution in [1.82, 2.24) is 0 Å². The molecule has 0 fully saturated rings. The van der Waals surface area contributed by atoms with Crippen LogP contribution in [0.2, 0.25) is 5.02 Å². The van der Waals surface area contributed by atoms with Crippen LogP contribution in [0.1, 0.15) is 30.9 Å². The molecule has 5 nitrogen and oxygen atoms in total. The Morgan fingerprint density at radius 2 is 1.93 bits per heavy atom. The molecule has 0 saturated heterocycles. The number of anilines is 1. The zero-order valence-electron chi connectivity index (χ0n) is 15.3. The van der Waals surface area contributed by atoms with Crippen molar-refractivity contribution in [3.05, 3.63) is 70.0 Å². The van der Waals surface area contributed by atoms with Crippen molar-refractivity contribution in [2.45, 2.75) is 19.8 Å². The minimum atomic E-state index is -0.947. The number of amides is 1. The van der Waals surface area contributed by atoms with E-state index in [-0.39, 0.29) is 16.3 Å². The number of nitrogens with one attached hydrogen (secondary N) is 1. The summed E-state index contributed by atoms with van der Waals surface area (Å²) in [5.74, 6) is -2.02. The summed E-state index contributed by atoms with van der Waals surface area (Å²) in [7, 11) is 0. The van der Waals surface area contributed by atoms with Crippen LogP contribution >= 0.6 is 11.6 Å². The number of rotatable bonds is 6. The van der Waals surface area contributed by atoms with E-state index < -0.39 is 24.3 Å². The molecule has 0 radical (unpaired) electrons. The molecule has 1 N–H and O–H groups in total. The molecular weight excluding hydrogens is 383 g/mol. The average molecular weight is 401 g/mol. The van der Waals surface area contributed by atoms with Crippen molar-refractivity contribution < 1.29 is 18.7 Å². The summed E-state index contributed by atoms with van der Waals surface area (Å²) in [6.07, 6.45) is 1.38. The summed E-state index contributed by atoms with van der Waals surface area (Å²) in [5.41, 5.74) is 1.40. The lowest BCUT2D eigenvalue weighted by atomic mass is 10.0. The predicted molar refractivity (Wildman–Crippen MR) is 105 cm³/mol. The van der Waals surface area contributed by atoms with E-state index in [9.17, 15) is 19.2 Å². The Balaban J connectivity index is 1.99. The fourth-order valence-electron chi connectivity index (χ4n) is 2.27. The van der Waals surface area contributed by atoms with Crippen LogP contribution in [0.15, 0.2) is 48.0 Å². The Hall–Kier alpha value is -3.17. The molecule has 2 aromatic carbocycles. The van der Waals surface area contributed by atoms with Crippen molar-refractivity contribution >= 4 is 35.2 Å². The van der Waals surface area contributed by atoms with Crippen molar-refractivity contribution in [3.63, 3.8) is 0 Å². The number of carbonyl (C=O) groups excluding carboxylic acids is 2. The predicted octanol–water partition coefficient (Wildman–Crippen LogP) is 4.69. The van der Waals surface area contributed by atoms with Crippen molar-refractivity contribution in [1.29, 1.82) is 5.26 Å². The fraction of sp³-hybridized carbons (Fsp3) is 0.190. The summed E-state index contributed by atoms with van der Waals surface area (Å²) >= 11 is 5.75. The van der Waals surface area contributed by atoms with Gasteiger partial charge in [0.25, 0.3) is 5.91 Å². The van der Waals surface area contributed by atoms with Gasteiger partial charge < -0.3 is 10.1 Å². The lowest BCUT2D eigenvalue weighted by molar-refractivity contribution is -0.142. The molecule has 2 rings (SSSR count). The number of ether oxygens (including phenoxy) is 1. The molecular formula is C21H18ClFN2O3. The van der Waals surface area contributed by atoms with Gasteiger partial charge in [0.1, 0.15) is 17.5 Å². The topological polar surface area (TPSA) is 79.2 Å². The smallest absolute Gasteiger partial charge is 0.349 e. The highest BCUT2D eigenvalue weighted by Gasteiger charge is 2.14. The molecule has 0 saturated carbocycles. The third-order valence-corrected chi connectivity index (χ3v) is 4.03. The van der Waals surface area contributed by atoms with Crippen molar-refractivity contribution in [3.8, 4) is 6.07 Å². The maximum absolute atomic E-state index is 13.6. The number of esters is 1. The van der Waals surface area contributed by atoms with Gasteiger partial charge in [-0.25, -0.2) is 9.18 Å². The summed E-state index contributed by atoms with van der Waals surface area (Å²) in [4.78, 5) is 23.9. The van der Waals surface area contributed by atoms with Gasteiger partial charge in [-0.1, -0.05) is 49.7 Å². The Bertz CT molecular complexity index is 947. The number of nitrogens with zero attached hydrogens (tertiary/aromatic N) is 1. The van der Waals surface area contributed by atoms with Gasteiger partial charge in [-0.3, -0.25) is 4.79 Å². The van der Waals surface area contributed by atoms with Crippen LogP contribution in [-0.2, 0) is 14.3 Å². The van der Waals surface area contributed by atoms with Crippen LogP contribution in [0.5, 0.6) is 0 Å². The summed E-state index contributed by atoms with van der Waals surface area (Å²) in [6, 6.07) is 12.8. The molecule has 7 heteroatoms. The molecule has 1 amide bonds. The summed E-state index contributed by atoms with van der Waals surface area (Å²) in [6.45, 7) is 3.45. The second kappa shape index (κ2) is 9.67. The molecule has 0 aliphatic heterocycles. The van der Waals surface area contributed by atoms with Crippen molar-refractivity contribution in [2.75, 3.05) is 11.9 Å². The molecule has 0 aliphatic rings. The first-order valence-corrected chi connectivity index (χ1v) is 8.81. The van der Waals surface area contributed by atoms with Gasteiger partial charge in [0.2, 0.25) is 0 Å². The number of hydrogen-bond donors (Lipinski definition) is 1. The maximum atomic E-state index is 13.6. The van der Waals surface area contributed by atoms with Crippen LogP contribution in [0.4, 0.5) is 10.1 Å². The maximum Gasteiger partial charge on any atom is 0.349 e. The minimum Gasteiger partial charge on any atom is -0.451 e. The molecule has 0 unspecified atom stereocenters. The molecule has 144 valence electrons. The Morgan fingerprint density at radius 3 is 2.54 bits per heavy atom. The molecule has 0 spiro atoms. The molecule has 0 aromatic heterocycles. The molecule has 0 bridgehead atoms. The van der Waals surface area contributed by atoms with Gasteiger partial charge in [-0.05, 0) is 41.3 Å². The summed E-state index contributed by atoms with van der Waals surface area (Å²) in [5, 5.41) is 11.7. The lowest BCUT2D eigenvalue weighted by Crippen LogP contribution is -2.21. The highest BCUT2D eigenvalue weighted by molar-refractivity contribution is 6.30. The second-order valence-corrected chi connectivity index (χ2v) is 6.68. The van der Waals surface area contributed by atoms with E-state index in [1.54, 1.807) is 18.2 Å². The number of halogens is 2. The Kier molecular flexibility index (Phi) is 7.30. The van der Waals surface area contributed by atoms with Crippen LogP contribution in [0.25, 0.3) is 6.08 Å². The van der Waals surface area contributed by atoms with Crippen LogP contribution < -0.4 is 5.32 Å². The fourth-order valence-corrected chi connectivity index (χ4v) is 2.44. The normalized spacial score (nSPS) is 11.1. The van der Waals surface area contributed by atoms with E-state index >= 15 is 0 Å². The van der Waals surface area contributed by atoms with E-state index in [0.29, 0.717) is 11.5 Å². The van der Waals surface area contributed by atoms with E-state index in [1.807, 2.05) is 12.1 Å². The number of benzene rings is 2. The molecule has 28 heavy (non-hydrogen) atoms. The molecule has 0 aliphatic carbocycles. The van der Waals surface area contributed by atoms with Gasteiger partial charge in [-0.15, -0.1) is 0 Å². The highest BCUT2D eigenvalue weighted by Crippen LogP contribution is 2.19. The largest absolute Gasteiger partial charge is 0.451 e. The van der Waals surface area contributed by atoms with Crippen molar-refractivity contribution in [2.24, 2.45) is 0 Å². The SMILES string of the molecule is CC(C)c1ccc(/C=C(\C#N)C(=O)OCC(=O)Nc2cc(Cl)ccc2F)cc1. The quantitative estimate of drug-likeness (QED) is 0.433. The Morgan fingerprint density at radius 1 is 1.25 bits per heavy atom. The monoisotopic (exact) mass is 400 g/mol. The number of carbonyl (C=O) groups is 2. The molecule has 0 atom stereocenters. The van der Waals surface area contributed by atoms with E-state index in [1.165, 1.54) is 18.2 Å². The van der Waals surface area contributed by atoms with E-state index in [0.717, 1.165) is 11.6 Å². The second-order valence-electron chi connectivity index (χ2n) is 6.24. The lowest BCUT2D eigenvalue weighted by Gasteiger charge is -2.08. The van der Waals surface area contributed by atoms with Gasteiger partial charge in [0, 0.05) is 5.02 Å². The standard InChI is InChI=1S/C21H18ClFN2O3/c1-13(2)15-5-3-14(4-6-15)9-16(11-24)21(27)28-12-20(26)25-19-10-17(22)7-8-18(19)23/h3-10,13H,12H2,1-2H3,(H,25,26)/b16-9+. The van der Waals surface area contributed by atoms with E-state index in [4.69, 9.17) is 16.3 Å². The van der Waals surface area contributed by atoms with Gasteiger partial charge in [0.05, 0.1) is 5.69 Å². The van der Waals surface area contributed by atoms with Gasteiger partial charge >= 0.3 is 5.97 Å². The average Bonchev–Trinajstić information content (AvgIpc) is 2.67. The number of nitriles is 1. The van der Waals surface area contributed by atoms with E-state index in [2.05, 4.69) is 19.2 Å². The Labute approximate surface area is 167 Å². The first kappa shape index (κ1) is 21.1. The number of hydrogen-bond acceptors (Lipinski definition) is 4. The van der Waals surface area contributed by atoms with Crippen LogP contribution in [-0.4, -0.2) is 18.5 Å². The minimum absolute atomic E-state index is 0.130. The van der Waals surface area contributed by atoms with Crippen LogP contribution in [0.3, 0.4) is 0 Å². The highest BCUT2D eigenvalue weighted by atomic mass is 35.5. The third-order valence-electron chi connectivity index (χ3n) is 3.79. The zero-order valence-corrected chi connectivity index (χ0v) is 16.1. The molecule has 2 aromatic rings. The summed E-state index contributed by atoms with van der Waals surface area (Å²) < 4.78 is 18.4. The first-order chi connectivity index (χ1) is 13.3. The first-order valence-electron chi connectivity index (χ1n) is 8.44. The zero-order chi connectivity index (χ0) is 20.7. The van der Waals surface area contributed by atoms with Gasteiger partial charge in [-0.2, -0.15) is 5.26 Å². The molecule has 0 heterocycles.